The Balaban J connectivity index is 1.43. The van der Waals surface area contributed by atoms with Gasteiger partial charge in [0.15, 0.2) is 5.16 Å². The summed E-state index contributed by atoms with van der Waals surface area (Å²) in [5, 5.41) is 16.3. The Morgan fingerprint density at radius 2 is 2.15 bits per heavy atom. The zero-order valence-electron chi connectivity index (χ0n) is 16.3. The van der Waals surface area contributed by atoms with Crippen LogP contribution in [0.5, 0.6) is 0 Å². The largest absolute Gasteiger partial charge is 0.355 e. The fourth-order valence-electron chi connectivity index (χ4n) is 4.31. The third-order valence-electron chi connectivity index (χ3n) is 5.58. The van der Waals surface area contributed by atoms with Crippen molar-refractivity contribution < 1.29 is 4.79 Å². The van der Waals surface area contributed by atoms with Crippen molar-refractivity contribution in [2.45, 2.75) is 82.6 Å². The summed E-state index contributed by atoms with van der Waals surface area (Å²) in [6.07, 6.45) is 9.94. The van der Waals surface area contributed by atoms with Crippen molar-refractivity contribution in [3.63, 3.8) is 0 Å². The molecule has 1 aliphatic heterocycles. The lowest BCUT2D eigenvalue weighted by molar-refractivity contribution is -0.122. The highest BCUT2D eigenvalue weighted by atomic mass is 32.2. The molecule has 1 aromatic heterocycles. The molecule has 3 rings (SSSR count). The van der Waals surface area contributed by atoms with Crippen LogP contribution in [0.4, 0.5) is 0 Å². The summed E-state index contributed by atoms with van der Waals surface area (Å²) in [4.78, 5) is 12.5. The van der Waals surface area contributed by atoms with Crippen molar-refractivity contribution in [3.8, 4) is 0 Å². The van der Waals surface area contributed by atoms with E-state index in [2.05, 4.69) is 39.2 Å². The number of nitrogens with one attached hydrogen (secondary N) is 2. The van der Waals surface area contributed by atoms with Crippen molar-refractivity contribution in [2.24, 2.45) is 11.8 Å². The zero-order chi connectivity index (χ0) is 18.5. The summed E-state index contributed by atoms with van der Waals surface area (Å²) in [5.74, 6) is 2.47. The Morgan fingerprint density at radius 3 is 2.88 bits per heavy atom. The summed E-state index contributed by atoms with van der Waals surface area (Å²) in [6.45, 7) is 6.07. The summed E-state index contributed by atoms with van der Waals surface area (Å²) in [5.41, 5.74) is 0. The Kier molecular flexibility index (Phi) is 6.98. The average molecular weight is 380 g/mol. The number of nitrogens with zero attached hydrogens (tertiary/aromatic N) is 3. The van der Waals surface area contributed by atoms with Crippen molar-refractivity contribution >= 4 is 17.7 Å². The average Bonchev–Trinajstić information content (AvgIpc) is 3.22. The van der Waals surface area contributed by atoms with E-state index in [1.165, 1.54) is 25.7 Å². The fraction of sp³-hybridized carbons (Fsp3) is 0.842. The Bertz CT molecular complexity index is 589. The van der Waals surface area contributed by atoms with E-state index < -0.39 is 0 Å². The van der Waals surface area contributed by atoms with Gasteiger partial charge in [0.05, 0.1) is 6.04 Å². The van der Waals surface area contributed by atoms with Crippen molar-refractivity contribution in [2.75, 3.05) is 12.8 Å². The van der Waals surface area contributed by atoms with Crippen LogP contribution >= 0.6 is 11.8 Å². The van der Waals surface area contributed by atoms with Gasteiger partial charge in [-0.25, -0.2) is 0 Å². The predicted octanol–water partition coefficient (Wildman–Crippen LogP) is 2.63. The first-order valence-corrected chi connectivity index (χ1v) is 11.3. The molecule has 2 aliphatic rings. The van der Waals surface area contributed by atoms with Gasteiger partial charge in [-0.2, -0.15) is 0 Å². The van der Waals surface area contributed by atoms with Gasteiger partial charge in [0.2, 0.25) is 5.91 Å². The van der Waals surface area contributed by atoms with Crippen LogP contribution in [0.3, 0.4) is 0 Å². The lowest BCUT2D eigenvalue weighted by atomic mass is 9.85. The van der Waals surface area contributed by atoms with Crippen molar-refractivity contribution in [1.29, 1.82) is 0 Å². The normalized spacial score (nSPS) is 25.5. The molecule has 7 heteroatoms. The van der Waals surface area contributed by atoms with E-state index >= 15 is 0 Å². The van der Waals surface area contributed by atoms with Gasteiger partial charge in [-0.15, -0.1) is 10.2 Å². The van der Waals surface area contributed by atoms with Crippen LogP contribution in [0, 0.1) is 11.8 Å². The van der Waals surface area contributed by atoms with E-state index in [1.807, 2.05) is 6.26 Å². The topological polar surface area (TPSA) is 71.8 Å². The van der Waals surface area contributed by atoms with E-state index in [4.69, 9.17) is 0 Å². The van der Waals surface area contributed by atoms with Gasteiger partial charge in [0, 0.05) is 25.6 Å². The molecule has 2 N–H and O–H groups in total. The molecule has 26 heavy (non-hydrogen) atoms. The molecule has 0 spiro atoms. The second-order valence-electron chi connectivity index (χ2n) is 8.11. The number of thioether (sulfide) groups is 1. The second-order valence-corrected chi connectivity index (χ2v) is 8.88. The smallest absolute Gasteiger partial charge is 0.237 e. The van der Waals surface area contributed by atoms with E-state index in [-0.39, 0.29) is 11.9 Å². The highest BCUT2D eigenvalue weighted by molar-refractivity contribution is 7.98. The number of amides is 1. The minimum atomic E-state index is 0.00999. The predicted molar refractivity (Wildman–Crippen MR) is 105 cm³/mol. The maximum atomic E-state index is 12.5. The summed E-state index contributed by atoms with van der Waals surface area (Å²) < 4.78 is 2.22. The van der Waals surface area contributed by atoms with E-state index in [0.717, 1.165) is 36.8 Å². The van der Waals surface area contributed by atoms with Crippen molar-refractivity contribution in [3.05, 3.63) is 5.82 Å². The van der Waals surface area contributed by atoms with Gasteiger partial charge in [0.1, 0.15) is 5.82 Å². The Morgan fingerprint density at radius 1 is 1.35 bits per heavy atom. The molecule has 2 fully saturated rings. The molecule has 6 nitrogen and oxygen atoms in total. The van der Waals surface area contributed by atoms with Gasteiger partial charge >= 0.3 is 0 Å². The first-order chi connectivity index (χ1) is 12.6. The number of aromatic nitrogens is 3. The van der Waals surface area contributed by atoms with Crippen LogP contribution in [0.25, 0.3) is 0 Å². The van der Waals surface area contributed by atoms with Crippen LogP contribution < -0.4 is 10.6 Å². The number of carbonyl (C=O) groups excluding carboxylic acids is 1. The van der Waals surface area contributed by atoms with Gasteiger partial charge in [-0.05, 0) is 43.8 Å². The molecular formula is C19H33N5OS. The molecule has 3 unspecified atom stereocenters. The molecule has 1 aliphatic carbocycles. The number of hydrogen-bond acceptors (Lipinski definition) is 5. The third-order valence-corrected chi connectivity index (χ3v) is 6.25. The number of carbonyl (C=O) groups is 1. The minimum absolute atomic E-state index is 0.00999. The molecule has 0 bridgehead atoms. The van der Waals surface area contributed by atoms with Crippen LogP contribution in [-0.2, 0) is 17.8 Å². The molecule has 0 radical (unpaired) electrons. The first kappa shape index (κ1) is 19.7. The molecule has 2 heterocycles. The monoisotopic (exact) mass is 379 g/mol. The SMILES string of the molecule is CSc1nnc(CCCNC(=O)C2CC3CCCCC3N2)n1CC(C)C. The lowest BCUT2D eigenvalue weighted by Gasteiger charge is -2.24. The molecule has 1 saturated carbocycles. The Labute approximate surface area is 161 Å². The van der Waals surface area contributed by atoms with Crippen molar-refractivity contribution in [1.82, 2.24) is 25.4 Å². The van der Waals surface area contributed by atoms with Gasteiger partial charge < -0.3 is 15.2 Å². The van der Waals surface area contributed by atoms with Crippen LogP contribution in [0.15, 0.2) is 5.16 Å². The highest BCUT2D eigenvalue weighted by Gasteiger charge is 2.37. The summed E-state index contributed by atoms with van der Waals surface area (Å²) in [6, 6.07) is 0.579. The van der Waals surface area contributed by atoms with Gasteiger partial charge in [0.25, 0.3) is 0 Å². The maximum absolute atomic E-state index is 12.5. The van der Waals surface area contributed by atoms with E-state index in [9.17, 15) is 4.79 Å². The molecule has 1 aromatic rings. The molecule has 1 amide bonds. The second kappa shape index (κ2) is 9.22. The number of hydrogen-bond donors (Lipinski definition) is 2. The molecular weight excluding hydrogens is 346 g/mol. The zero-order valence-corrected chi connectivity index (χ0v) is 17.1. The van der Waals surface area contributed by atoms with Gasteiger partial charge in [-0.3, -0.25) is 4.79 Å². The number of fused-ring (bicyclic) bond motifs is 1. The van der Waals surface area contributed by atoms with E-state index in [1.54, 1.807) is 11.8 Å². The summed E-state index contributed by atoms with van der Waals surface area (Å²) >= 11 is 1.64. The molecule has 3 atom stereocenters. The Hall–Kier alpha value is -1.08. The quantitative estimate of drug-likeness (QED) is 0.537. The van der Waals surface area contributed by atoms with Crippen LogP contribution in [-0.4, -0.2) is 45.6 Å². The number of rotatable bonds is 8. The highest BCUT2D eigenvalue weighted by Crippen LogP contribution is 2.33. The minimum Gasteiger partial charge on any atom is -0.355 e. The maximum Gasteiger partial charge on any atom is 0.237 e. The standard InChI is InChI=1S/C19H33N5OS/c1-13(2)12-24-17(22-23-19(24)26-3)9-6-10-20-18(25)16-11-14-7-4-5-8-15(14)21-16/h13-16,21H,4-12H2,1-3H3,(H,20,25). The van der Waals surface area contributed by atoms with Gasteiger partial charge in [-0.1, -0.05) is 38.5 Å². The third kappa shape index (κ3) is 4.80. The fourth-order valence-corrected chi connectivity index (χ4v) is 4.83. The molecule has 146 valence electrons. The number of aryl methyl sites for hydroxylation is 1. The molecule has 1 saturated heterocycles. The summed E-state index contributed by atoms with van der Waals surface area (Å²) in [7, 11) is 0. The van der Waals surface area contributed by atoms with Crippen LogP contribution in [0.2, 0.25) is 0 Å². The lowest BCUT2D eigenvalue weighted by Crippen LogP contribution is -2.43. The first-order valence-electron chi connectivity index (χ1n) is 10.1. The van der Waals surface area contributed by atoms with E-state index in [0.29, 0.717) is 24.4 Å². The molecule has 0 aromatic carbocycles. The van der Waals surface area contributed by atoms with Crippen LogP contribution in [0.1, 0.15) is 58.2 Å².